The van der Waals surface area contributed by atoms with Crippen LogP contribution in [0.2, 0.25) is 0 Å². The number of benzene rings is 3. The summed E-state index contributed by atoms with van der Waals surface area (Å²) in [6.45, 7) is 9.22. The highest BCUT2D eigenvalue weighted by molar-refractivity contribution is 5.76. The summed E-state index contributed by atoms with van der Waals surface area (Å²) in [5.74, 6) is 1.56. The Hall–Kier alpha value is -3.64. The molecular weight excluding hydrogens is 496 g/mol. The van der Waals surface area contributed by atoms with E-state index in [2.05, 4.69) is 71.0 Å². The van der Waals surface area contributed by atoms with Crippen LogP contribution < -0.4 is 0 Å². The summed E-state index contributed by atoms with van der Waals surface area (Å²) in [5, 5.41) is 0. The fourth-order valence-electron chi connectivity index (χ4n) is 6.04. The van der Waals surface area contributed by atoms with Crippen molar-refractivity contribution in [1.82, 2.24) is 19.4 Å². The SMILES string of the molecule is CCc1nc2ccccc2n1CC(CCN1CCC(N(CC)C(=O)OCc2ccccc2)CC1)c1ccccc1. The van der Waals surface area contributed by atoms with Crippen molar-refractivity contribution in [2.75, 3.05) is 26.2 Å². The molecule has 6 nitrogen and oxygen atoms in total. The lowest BCUT2D eigenvalue weighted by Gasteiger charge is -2.38. The van der Waals surface area contributed by atoms with Crippen LogP contribution in [0.3, 0.4) is 0 Å². The van der Waals surface area contributed by atoms with Gasteiger partial charge in [0.25, 0.3) is 0 Å². The minimum Gasteiger partial charge on any atom is -0.445 e. The quantitative estimate of drug-likeness (QED) is 0.209. The number of aromatic nitrogens is 2. The molecule has 0 aliphatic carbocycles. The minimum atomic E-state index is -0.201. The second kappa shape index (κ2) is 13.6. The summed E-state index contributed by atoms with van der Waals surface area (Å²) < 4.78 is 8.08. The maximum absolute atomic E-state index is 12.9. The number of hydrogen-bond acceptors (Lipinski definition) is 4. The molecule has 0 bridgehead atoms. The zero-order valence-electron chi connectivity index (χ0n) is 23.9. The van der Waals surface area contributed by atoms with E-state index in [0.29, 0.717) is 19.1 Å². The second-order valence-electron chi connectivity index (χ2n) is 10.8. The van der Waals surface area contributed by atoms with Crippen molar-refractivity contribution in [2.45, 2.75) is 64.6 Å². The van der Waals surface area contributed by atoms with Crippen LogP contribution in [0.25, 0.3) is 11.0 Å². The molecule has 1 unspecified atom stereocenters. The van der Waals surface area contributed by atoms with E-state index in [0.717, 1.165) is 68.8 Å². The van der Waals surface area contributed by atoms with Gasteiger partial charge in [-0.3, -0.25) is 0 Å². The van der Waals surface area contributed by atoms with Gasteiger partial charge in [0.2, 0.25) is 0 Å². The number of imidazole rings is 1. The molecule has 2 heterocycles. The highest BCUT2D eigenvalue weighted by Gasteiger charge is 2.28. The first-order chi connectivity index (χ1) is 19.7. The number of carbonyl (C=O) groups excluding carboxylic acids is 1. The van der Waals surface area contributed by atoms with E-state index in [1.54, 1.807) is 0 Å². The molecule has 0 N–H and O–H groups in total. The predicted octanol–water partition coefficient (Wildman–Crippen LogP) is 6.90. The van der Waals surface area contributed by atoms with Crippen LogP contribution in [0.1, 0.15) is 56.0 Å². The van der Waals surface area contributed by atoms with Crippen molar-refractivity contribution in [3.8, 4) is 0 Å². The normalized spacial score (nSPS) is 15.2. The molecule has 1 aliphatic rings. The fourth-order valence-corrected chi connectivity index (χ4v) is 6.04. The van der Waals surface area contributed by atoms with E-state index in [1.807, 2.05) is 42.2 Å². The summed E-state index contributed by atoms with van der Waals surface area (Å²) in [7, 11) is 0. The molecule has 1 aliphatic heterocycles. The van der Waals surface area contributed by atoms with Gasteiger partial charge < -0.3 is 19.1 Å². The van der Waals surface area contributed by atoms with E-state index >= 15 is 0 Å². The average molecular weight is 539 g/mol. The number of nitrogens with zero attached hydrogens (tertiary/aromatic N) is 4. The molecule has 1 aromatic heterocycles. The molecule has 6 heteroatoms. The van der Waals surface area contributed by atoms with E-state index < -0.39 is 0 Å². The van der Waals surface area contributed by atoms with Crippen molar-refractivity contribution in [3.63, 3.8) is 0 Å². The molecule has 1 atom stereocenters. The molecule has 1 fully saturated rings. The van der Waals surface area contributed by atoms with Crippen LogP contribution >= 0.6 is 0 Å². The van der Waals surface area contributed by atoms with Crippen molar-refractivity contribution >= 4 is 17.1 Å². The molecule has 4 aromatic rings. The molecule has 1 saturated heterocycles. The maximum atomic E-state index is 12.9. The molecule has 210 valence electrons. The Morgan fingerprint density at radius 2 is 1.62 bits per heavy atom. The monoisotopic (exact) mass is 538 g/mol. The van der Waals surface area contributed by atoms with Gasteiger partial charge in [0.15, 0.2) is 0 Å². The highest BCUT2D eigenvalue weighted by Crippen LogP contribution is 2.27. The number of ether oxygens (including phenoxy) is 1. The largest absolute Gasteiger partial charge is 0.445 e. The summed E-state index contributed by atoms with van der Waals surface area (Å²) >= 11 is 0. The van der Waals surface area contributed by atoms with Gasteiger partial charge in [-0.2, -0.15) is 0 Å². The third-order valence-electron chi connectivity index (χ3n) is 8.30. The van der Waals surface area contributed by atoms with Crippen molar-refractivity contribution in [3.05, 3.63) is 102 Å². The molecular formula is C34H42N4O2. The van der Waals surface area contributed by atoms with E-state index in [-0.39, 0.29) is 12.1 Å². The van der Waals surface area contributed by atoms with Gasteiger partial charge in [0.05, 0.1) is 11.0 Å². The Morgan fingerprint density at radius 1 is 0.950 bits per heavy atom. The number of amides is 1. The molecule has 0 radical (unpaired) electrons. The minimum absolute atomic E-state index is 0.201. The molecule has 40 heavy (non-hydrogen) atoms. The average Bonchev–Trinajstić information content (AvgIpc) is 3.37. The molecule has 5 rings (SSSR count). The molecule has 1 amide bonds. The zero-order chi connectivity index (χ0) is 27.7. The third kappa shape index (κ3) is 6.73. The first-order valence-electron chi connectivity index (χ1n) is 14.8. The zero-order valence-corrected chi connectivity index (χ0v) is 23.9. The summed E-state index contributed by atoms with van der Waals surface area (Å²) in [6.07, 6.45) is 3.77. The van der Waals surface area contributed by atoms with Crippen LogP contribution in [0.15, 0.2) is 84.9 Å². The Labute approximate surface area is 238 Å². The topological polar surface area (TPSA) is 50.6 Å². The lowest BCUT2D eigenvalue weighted by molar-refractivity contribution is 0.0626. The van der Waals surface area contributed by atoms with E-state index in [4.69, 9.17) is 9.72 Å². The van der Waals surface area contributed by atoms with E-state index in [1.165, 1.54) is 11.1 Å². The van der Waals surface area contributed by atoms with Gasteiger partial charge in [-0.05, 0) is 56.0 Å². The van der Waals surface area contributed by atoms with Crippen molar-refractivity contribution in [2.24, 2.45) is 0 Å². The maximum Gasteiger partial charge on any atom is 0.410 e. The predicted molar refractivity (Wildman–Crippen MR) is 161 cm³/mol. The van der Waals surface area contributed by atoms with Gasteiger partial charge in [-0.25, -0.2) is 9.78 Å². The Kier molecular flexibility index (Phi) is 9.50. The van der Waals surface area contributed by atoms with Gasteiger partial charge in [-0.15, -0.1) is 0 Å². The lowest BCUT2D eigenvalue weighted by atomic mass is 9.94. The molecule has 0 saturated carbocycles. The molecule has 3 aromatic carbocycles. The first-order valence-corrected chi connectivity index (χ1v) is 14.8. The Balaban J connectivity index is 1.19. The van der Waals surface area contributed by atoms with Gasteiger partial charge in [-0.1, -0.05) is 79.7 Å². The van der Waals surface area contributed by atoms with Crippen LogP contribution in [-0.2, 0) is 24.3 Å². The van der Waals surface area contributed by atoms with Crippen LogP contribution in [0, 0.1) is 0 Å². The molecule has 0 spiro atoms. The van der Waals surface area contributed by atoms with Crippen LogP contribution in [0.4, 0.5) is 4.79 Å². The number of hydrogen-bond donors (Lipinski definition) is 0. The fraction of sp³-hybridized carbons (Fsp3) is 0.412. The standard InChI is InChI=1S/C34H42N4O2/c1-3-33-35-31-17-11-12-18-32(31)38(33)25-29(28-15-9-6-10-16-28)19-22-36-23-20-30(21-24-36)37(4-2)34(39)40-26-27-13-7-5-8-14-27/h5-18,29-30H,3-4,19-26H2,1-2H3. The van der Waals surface area contributed by atoms with Crippen LogP contribution in [0.5, 0.6) is 0 Å². The Bertz CT molecular complexity index is 1350. The van der Waals surface area contributed by atoms with Crippen molar-refractivity contribution in [1.29, 1.82) is 0 Å². The van der Waals surface area contributed by atoms with Crippen molar-refractivity contribution < 1.29 is 9.53 Å². The second-order valence-corrected chi connectivity index (χ2v) is 10.8. The number of likely N-dealkylation sites (tertiary alicyclic amines) is 1. The lowest BCUT2D eigenvalue weighted by Crippen LogP contribution is -2.47. The van der Waals surface area contributed by atoms with Gasteiger partial charge >= 0.3 is 6.09 Å². The Morgan fingerprint density at radius 3 is 2.33 bits per heavy atom. The smallest absolute Gasteiger partial charge is 0.410 e. The van der Waals surface area contributed by atoms with Gasteiger partial charge in [0, 0.05) is 44.6 Å². The number of para-hydroxylation sites is 2. The van der Waals surface area contributed by atoms with Gasteiger partial charge in [0.1, 0.15) is 12.4 Å². The first kappa shape index (κ1) is 27.9. The highest BCUT2D eigenvalue weighted by atomic mass is 16.6. The third-order valence-corrected chi connectivity index (χ3v) is 8.30. The number of aryl methyl sites for hydroxylation is 1. The number of piperidine rings is 1. The van der Waals surface area contributed by atoms with E-state index in [9.17, 15) is 4.79 Å². The summed E-state index contributed by atoms with van der Waals surface area (Å²) in [4.78, 5) is 22.3. The number of rotatable bonds is 11. The van der Waals surface area contributed by atoms with Crippen LogP contribution in [-0.4, -0.2) is 57.7 Å². The number of carbonyl (C=O) groups is 1. The summed E-state index contributed by atoms with van der Waals surface area (Å²) in [6, 6.07) is 29.5. The number of fused-ring (bicyclic) bond motifs is 1. The summed E-state index contributed by atoms with van der Waals surface area (Å²) in [5.41, 5.74) is 4.70.